The van der Waals surface area contributed by atoms with Gasteiger partial charge in [-0.25, -0.2) is 4.79 Å². The zero-order valence-corrected chi connectivity index (χ0v) is 6.12. The molecule has 0 bridgehead atoms. The Morgan fingerprint density at radius 1 is 1.33 bits per heavy atom. The van der Waals surface area contributed by atoms with Crippen LogP contribution in [0.2, 0.25) is 0 Å². The van der Waals surface area contributed by atoms with E-state index in [4.69, 9.17) is 20.4 Å². The average Bonchev–Trinajstić information content (AvgIpc) is 1.99. The number of aliphatic hydroxyl groups excluding tert-OH is 3. The van der Waals surface area contributed by atoms with Crippen LogP contribution in [-0.2, 0) is 9.53 Å². The topological polar surface area (TPSA) is 107 Å². The van der Waals surface area contributed by atoms with Crippen molar-refractivity contribution in [2.45, 2.75) is 31.0 Å². The van der Waals surface area contributed by atoms with Crippen molar-refractivity contribution in [3.8, 4) is 0 Å². The minimum absolute atomic E-state index is 0.215. The van der Waals surface area contributed by atoms with E-state index in [2.05, 4.69) is 4.74 Å². The van der Waals surface area contributed by atoms with Crippen LogP contribution in [0.15, 0.2) is 0 Å². The third-order valence-corrected chi connectivity index (χ3v) is 1.72. The summed E-state index contributed by atoms with van der Waals surface area (Å²) in [6.07, 6.45) is -5.78. The average molecular weight is 178 g/mol. The van der Waals surface area contributed by atoms with Crippen molar-refractivity contribution in [3.05, 3.63) is 0 Å². The Bertz CT molecular complexity index is 169. The molecule has 1 rings (SSSR count). The molecule has 12 heavy (non-hydrogen) atoms. The number of aliphatic carboxylic acids is 1. The quantitative estimate of drug-likeness (QED) is 0.366. The molecule has 1 aliphatic rings. The first kappa shape index (κ1) is 9.40. The maximum atomic E-state index is 10.3. The molecule has 1 saturated heterocycles. The van der Waals surface area contributed by atoms with E-state index < -0.39 is 30.6 Å². The summed E-state index contributed by atoms with van der Waals surface area (Å²) in [7, 11) is 0. The highest BCUT2D eigenvalue weighted by molar-refractivity contribution is 5.72. The smallest absolute Gasteiger partial charge is 0.333 e. The summed E-state index contributed by atoms with van der Waals surface area (Å²) in [5, 5.41) is 35.2. The standard InChI is InChI=1S/C6H10O6/c7-2-1-3(5(9)10)12-6(11)4(2)8/h2-4,6-8,11H,1H2,(H,9,10). The van der Waals surface area contributed by atoms with Gasteiger partial charge in [0.05, 0.1) is 6.10 Å². The van der Waals surface area contributed by atoms with Crippen molar-refractivity contribution in [3.63, 3.8) is 0 Å². The van der Waals surface area contributed by atoms with Crippen LogP contribution in [-0.4, -0.2) is 51.0 Å². The second-order valence-electron chi connectivity index (χ2n) is 2.65. The van der Waals surface area contributed by atoms with Gasteiger partial charge in [0.25, 0.3) is 0 Å². The number of ether oxygens (including phenoxy) is 1. The molecule has 0 amide bonds. The van der Waals surface area contributed by atoms with Gasteiger partial charge in [0, 0.05) is 6.42 Å². The van der Waals surface area contributed by atoms with Gasteiger partial charge < -0.3 is 25.2 Å². The third-order valence-electron chi connectivity index (χ3n) is 1.72. The van der Waals surface area contributed by atoms with Gasteiger partial charge in [-0.2, -0.15) is 0 Å². The molecule has 0 aromatic heterocycles. The molecule has 4 N–H and O–H groups in total. The monoisotopic (exact) mass is 178 g/mol. The normalized spacial score (nSPS) is 42.6. The lowest BCUT2D eigenvalue weighted by molar-refractivity contribution is -0.248. The summed E-state index contributed by atoms with van der Waals surface area (Å²) in [4.78, 5) is 10.3. The summed E-state index contributed by atoms with van der Waals surface area (Å²) in [5.41, 5.74) is 0. The summed E-state index contributed by atoms with van der Waals surface area (Å²) in [5.74, 6) is -1.26. The molecule has 0 aliphatic carbocycles. The fraction of sp³-hybridized carbons (Fsp3) is 0.833. The minimum atomic E-state index is -1.63. The highest BCUT2D eigenvalue weighted by Gasteiger charge is 2.38. The maximum absolute atomic E-state index is 10.3. The first-order valence-corrected chi connectivity index (χ1v) is 3.45. The van der Waals surface area contributed by atoms with Crippen molar-refractivity contribution in [1.29, 1.82) is 0 Å². The molecule has 0 radical (unpaired) electrons. The third kappa shape index (κ3) is 1.72. The molecule has 0 aromatic rings. The SMILES string of the molecule is O=C(O)C1CC(O)C(O)C(O)O1. The van der Waals surface area contributed by atoms with Crippen molar-refractivity contribution in [2.75, 3.05) is 0 Å². The fourth-order valence-electron chi connectivity index (χ4n) is 1.01. The molecule has 1 heterocycles. The van der Waals surface area contributed by atoms with Crippen molar-refractivity contribution < 1.29 is 30.0 Å². The van der Waals surface area contributed by atoms with E-state index in [1.54, 1.807) is 0 Å². The van der Waals surface area contributed by atoms with Gasteiger partial charge in [0.15, 0.2) is 12.4 Å². The first-order valence-electron chi connectivity index (χ1n) is 3.45. The van der Waals surface area contributed by atoms with E-state index in [-0.39, 0.29) is 6.42 Å². The van der Waals surface area contributed by atoms with Crippen molar-refractivity contribution >= 4 is 5.97 Å². The van der Waals surface area contributed by atoms with E-state index in [0.29, 0.717) is 0 Å². The lowest BCUT2D eigenvalue weighted by Gasteiger charge is -2.32. The Morgan fingerprint density at radius 2 is 1.92 bits per heavy atom. The number of hydrogen-bond donors (Lipinski definition) is 4. The molecule has 4 unspecified atom stereocenters. The Balaban J connectivity index is 2.59. The van der Waals surface area contributed by atoms with Crippen molar-refractivity contribution in [2.24, 2.45) is 0 Å². The molecule has 0 aromatic carbocycles. The number of rotatable bonds is 1. The van der Waals surface area contributed by atoms with Gasteiger partial charge in [-0.3, -0.25) is 0 Å². The van der Waals surface area contributed by atoms with Crippen LogP contribution in [0.1, 0.15) is 6.42 Å². The van der Waals surface area contributed by atoms with Crippen LogP contribution >= 0.6 is 0 Å². The van der Waals surface area contributed by atoms with Crippen LogP contribution in [0.5, 0.6) is 0 Å². The van der Waals surface area contributed by atoms with Gasteiger partial charge >= 0.3 is 5.97 Å². The Kier molecular flexibility index (Phi) is 2.63. The largest absolute Gasteiger partial charge is 0.479 e. The van der Waals surface area contributed by atoms with Crippen LogP contribution in [0.4, 0.5) is 0 Å². The molecule has 1 aliphatic heterocycles. The fourth-order valence-corrected chi connectivity index (χ4v) is 1.01. The van der Waals surface area contributed by atoms with Crippen LogP contribution in [0, 0.1) is 0 Å². The molecule has 0 spiro atoms. The molecular formula is C6H10O6. The van der Waals surface area contributed by atoms with Crippen LogP contribution in [0.3, 0.4) is 0 Å². The molecule has 70 valence electrons. The van der Waals surface area contributed by atoms with E-state index in [0.717, 1.165) is 0 Å². The highest BCUT2D eigenvalue weighted by Crippen LogP contribution is 2.18. The lowest BCUT2D eigenvalue weighted by atomic mass is 10.0. The summed E-state index contributed by atoms with van der Waals surface area (Å²) < 4.78 is 4.48. The van der Waals surface area contributed by atoms with Crippen molar-refractivity contribution in [1.82, 2.24) is 0 Å². The second kappa shape index (κ2) is 3.36. The summed E-state index contributed by atoms with van der Waals surface area (Å²) in [6, 6.07) is 0. The van der Waals surface area contributed by atoms with Crippen LogP contribution < -0.4 is 0 Å². The summed E-state index contributed by atoms with van der Waals surface area (Å²) >= 11 is 0. The minimum Gasteiger partial charge on any atom is -0.479 e. The summed E-state index contributed by atoms with van der Waals surface area (Å²) in [6.45, 7) is 0. The number of aliphatic hydroxyl groups is 3. The Labute approximate surface area is 68.0 Å². The van der Waals surface area contributed by atoms with Gasteiger partial charge in [-0.1, -0.05) is 0 Å². The van der Waals surface area contributed by atoms with E-state index >= 15 is 0 Å². The lowest BCUT2D eigenvalue weighted by Crippen LogP contribution is -2.50. The van der Waals surface area contributed by atoms with Crippen LogP contribution in [0.25, 0.3) is 0 Å². The highest BCUT2D eigenvalue weighted by atomic mass is 16.6. The van der Waals surface area contributed by atoms with Gasteiger partial charge in [-0.05, 0) is 0 Å². The predicted molar refractivity (Wildman–Crippen MR) is 35.1 cm³/mol. The van der Waals surface area contributed by atoms with Gasteiger partial charge in [0.1, 0.15) is 6.10 Å². The van der Waals surface area contributed by atoms with E-state index in [9.17, 15) is 4.79 Å². The first-order chi connectivity index (χ1) is 5.52. The maximum Gasteiger partial charge on any atom is 0.333 e. The number of carboxylic acids is 1. The predicted octanol–water partition coefficient (Wildman–Crippen LogP) is -2.10. The molecular weight excluding hydrogens is 168 g/mol. The number of hydrogen-bond acceptors (Lipinski definition) is 5. The van der Waals surface area contributed by atoms with E-state index in [1.807, 2.05) is 0 Å². The van der Waals surface area contributed by atoms with Gasteiger partial charge in [-0.15, -0.1) is 0 Å². The van der Waals surface area contributed by atoms with E-state index in [1.165, 1.54) is 0 Å². The Morgan fingerprint density at radius 3 is 2.33 bits per heavy atom. The zero-order chi connectivity index (χ0) is 9.30. The number of carboxylic acid groups (broad SMARTS) is 1. The Hall–Kier alpha value is -0.690. The molecule has 4 atom stereocenters. The molecule has 6 heteroatoms. The second-order valence-corrected chi connectivity index (χ2v) is 2.65. The molecule has 6 nitrogen and oxygen atoms in total. The van der Waals surface area contributed by atoms with Gasteiger partial charge in [0.2, 0.25) is 0 Å². The molecule has 0 saturated carbocycles. The number of carbonyl (C=O) groups is 1. The zero-order valence-electron chi connectivity index (χ0n) is 6.12. The molecule has 1 fully saturated rings.